The van der Waals surface area contributed by atoms with Crippen LogP contribution in [0.15, 0.2) is 34.7 Å². The molecule has 6 heteroatoms. The normalized spacial score (nSPS) is 12.4. The van der Waals surface area contributed by atoms with E-state index in [0.717, 1.165) is 12.8 Å². The van der Waals surface area contributed by atoms with E-state index in [9.17, 15) is 13.2 Å². The number of aliphatic carboxylic acids is 1. The fourth-order valence-corrected chi connectivity index (χ4v) is 2.86. The number of benzene rings is 1. The molecule has 0 spiro atoms. The molecule has 0 aliphatic heterocycles. The minimum Gasteiger partial charge on any atom is -0.478 e. The van der Waals surface area contributed by atoms with Crippen LogP contribution >= 0.6 is 0 Å². The molecule has 0 fully saturated rings. The summed E-state index contributed by atoms with van der Waals surface area (Å²) in [6.45, 7) is 3.77. The first kappa shape index (κ1) is 16.4. The maximum absolute atomic E-state index is 12.2. The van der Waals surface area contributed by atoms with Crippen molar-refractivity contribution < 1.29 is 18.3 Å². The molecule has 5 nitrogen and oxygen atoms in total. The molecule has 110 valence electrons. The van der Waals surface area contributed by atoms with Gasteiger partial charge in [-0.15, -0.1) is 0 Å². The number of sulfonamides is 1. The molecule has 0 aliphatic carbocycles. The summed E-state index contributed by atoms with van der Waals surface area (Å²) in [5.41, 5.74) is 0.456. The Morgan fingerprint density at radius 1 is 1.35 bits per heavy atom. The molecular formula is C14H19NO4S. The second-order valence-corrected chi connectivity index (χ2v) is 6.16. The monoisotopic (exact) mass is 297 g/mol. The zero-order valence-electron chi connectivity index (χ0n) is 11.6. The van der Waals surface area contributed by atoms with Gasteiger partial charge in [-0.3, -0.25) is 0 Å². The molecule has 0 saturated heterocycles. The second-order valence-electron chi connectivity index (χ2n) is 4.42. The smallest absolute Gasteiger partial charge is 0.331 e. The van der Waals surface area contributed by atoms with Crippen molar-refractivity contribution in [2.75, 3.05) is 6.54 Å². The van der Waals surface area contributed by atoms with Gasteiger partial charge in [-0.1, -0.05) is 31.5 Å². The van der Waals surface area contributed by atoms with E-state index in [1.54, 1.807) is 18.2 Å². The molecule has 1 aromatic rings. The molecule has 1 aromatic carbocycles. The van der Waals surface area contributed by atoms with Crippen molar-refractivity contribution in [2.45, 2.75) is 31.6 Å². The summed E-state index contributed by atoms with van der Waals surface area (Å²) in [4.78, 5) is 10.9. The van der Waals surface area contributed by atoms with Gasteiger partial charge in [0.15, 0.2) is 0 Å². The first-order valence-corrected chi connectivity index (χ1v) is 7.87. The first-order chi connectivity index (χ1) is 9.38. The topological polar surface area (TPSA) is 83.5 Å². The highest BCUT2D eigenvalue weighted by atomic mass is 32.2. The lowest BCUT2D eigenvalue weighted by Gasteiger charge is -2.09. The second kappa shape index (κ2) is 7.21. The van der Waals surface area contributed by atoms with Crippen LogP contribution in [0.4, 0.5) is 0 Å². The molecule has 0 radical (unpaired) electrons. The predicted octanol–water partition coefficient (Wildman–Crippen LogP) is 2.25. The quantitative estimate of drug-likeness (QED) is 0.597. The van der Waals surface area contributed by atoms with Crippen molar-refractivity contribution in [3.63, 3.8) is 0 Å². The lowest BCUT2D eigenvalue weighted by atomic mass is 10.1. The Morgan fingerprint density at radius 2 is 2.00 bits per heavy atom. The highest BCUT2D eigenvalue weighted by Crippen LogP contribution is 2.18. The van der Waals surface area contributed by atoms with E-state index in [-0.39, 0.29) is 10.5 Å². The van der Waals surface area contributed by atoms with Crippen LogP contribution in [0.1, 0.15) is 32.3 Å². The fourth-order valence-electron chi connectivity index (χ4n) is 1.60. The highest BCUT2D eigenvalue weighted by Gasteiger charge is 2.16. The van der Waals surface area contributed by atoms with Gasteiger partial charge in [-0.2, -0.15) is 0 Å². The molecule has 0 saturated carbocycles. The Hall–Kier alpha value is -1.66. The summed E-state index contributed by atoms with van der Waals surface area (Å²) in [6, 6.07) is 6.34. The minimum absolute atomic E-state index is 0.0845. The van der Waals surface area contributed by atoms with Crippen molar-refractivity contribution in [1.82, 2.24) is 4.72 Å². The number of hydrogen-bond acceptors (Lipinski definition) is 3. The van der Waals surface area contributed by atoms with E-state index in [2.05, 4.69) is 4.72 Å². The molecule has 0 bridgehead atoms. The Labute approximate surface area is 119 Å². The third kappa shape index (κ3) is 4.47. The standard InChI is InChI=1S/C14H19NO4S/c1-3-4-9-15-20(18,19)13-8-6-5-7-12(13)10-11(2)14(16)17/h5-8,10,15H,3-4,9H2,1-2H3,(H,16,17). The van der Waals surface area contributed by atoms with Crippen LogP contribution in [0.3, 0.4) is 0 Å². The van der Waals surface area contributed by atoms with E-state index in [1.807, 2.05) is 6.92 Å². The molecule has 0 unspecified atom stereocenters. The van der Waals surface area contributed by atoms with E-state index < -0.39 is 16.0 Å². The third-order valence-corrected chi connectivity index (χ3v) is 4.28. The Bertz CT molecular complexity index is 605. The summed E-state index contributed by atoms with van der Waals surface area (Å²) >= 11 is 0. The lowest BCUT2D eigenvalue weighted by molar-refractivity contribution is -0.132. The van der Waals surface area contributed by atoms with Gasteiger partial charge in [0.05, 0.1) is 4.90 Å². The van der Waals surface area contributed by atoms with Gasteiger partial charge >= 0.3 is 5.97 Å². The van der Waals surface area contributed by atoms with Gasteiger partial charge in [0, 0.05) is 12.1 Å². The van der Waals surface area contributed by atoms with Gasteiger partial charge in [0.1, 0.15) is 0 Å². The average Bonchev–Trinajstić information content (AvgIpc) is 2.39. The van der Waals surface area contributed by atoms with Crippen LogP contribution < -0.4 is 4.72 Å². The molecule has 20 heavy (non-hydrogen) atoms. The number of unbranched alkanes of at least 4 members (excludes halogenated alkanes) is 1. The molecule has 0 amide bonds. The lowest BCUT2D eigenvalue weighted by Crippen LogP contribution is -2.25. The van der Waals surface area contributed by atoms with Gasteiger partial charge in [-0.25, -0.2) is 17.9 Å². The van der Waals surface area contributed by atoms with Crippen LogP contribution in [0.25, 0.3) is 6.08 Å². The summed E-state index contributed by atoms with van der Waals surface area (Å²) in [5, 5.41) is 8.88. The summed E-state index contributed by atoms with van der Waals surface area (Å²) < 4.78 is 26.9. The third-order valence-electron chi connectivity index (χ3n) is 2.74. The number of carbonyl (C=O) groups is 1. The predicted molar refractivity (Wildman–Crippen MR) is 77.8 cm³/mol. The van der Waals surface area contributed by atoms with E-state index >= 15 is 0 Å². The summed E-state index contributed by atoms with van der Waals surface area (Å²) in [6.07, 6.45) is 3.00. The van der Waals surface area contributed by atoms with E-state index in [0.29, 0.717) is 12.1 Å². The number of nitrogens with one attached hydrogen (secondary N) is 1. The Balaban J connectivity index is 3.13. The Kier molecular flexibility index (Phi) is 5.91. The van der Waals surface area contributed by atoms with Crippen LogP contribution in [0.5, 0.6) is 0 Å². The van der Waals surface area contributed by atoms with Crippen molar-refractivity contribution in [1.29, 1.82) is 0 Å². The van der Waals surface area contributed by atoms with Crippen molar-refractivity contribution in [2.24, 2.45) is 0 Å². The molecular weight excluding hydrogens is 278 g/mol. The maximum Gasteiger partial charge on any atom is 0.331 e. The number of carboxylic acids is 1. The van der Waals surface area contributed by atoms with Crippen molar-refractivity contribution in [3.8, 4) is 0 Å². The average molecular weight is 297 g/mol. The van der Waals surface area contributed by atoms with Gasteiger partial charge in [0.2, 0.25) is 10.0 Å². The van der Waals surface area contributed by atoms with Crippen molar-refractivity contribution >= 4 is 22.1 Å². The molecule has 0 atom stereocenters. The van der Waals surface area contributed by atoms with E-state index in [4.69, 9.17) is 5.11 Å². The molecule has 1 rings (SSSR count). The van der Waals surface area contributed by atoms with Crippen LogP contribution in [-0.4, -0.2) is 26.0 Å². The SMILES string of the molecule is CCCCNS(=O)(=O)c1ccccc1C=C(C)C(=O)O. The highest BCUT2D eigenvalue weighted by molar-refractivity contribution is 7.89. The largest absolute Gasteiger partial charge is 0.478 e. The van der Waals surface area contributed by atoms with Crippen molar-refractivity contribution in [3.05, 3.63) is 35.4 Å². The summed E-state index contributed by atoms with van der Waals surface area (Å²) in [5.74, 6) is -1.07. The first-order valence-electron chi connectivity index (χ1n) is 6.38. The Morgan fingerprint density at radius 3 is 2.60 bits per heavy atom. The zero-order chi connectivity index (χ0) is 15.2. The van der Waals surface area contributed by atoms with Crippen LogP contribution in [0.2, 0.25) is 0 Å². The zero-order valence-corrected chi connectivity index (χ0v) is 12.4. The minimum atomic E-state index is -3.62. The van der Waals surface area contributed by atoms with Crippen LogP contribution in [0, 0.1) is 0 Å². The molecule has 0 aromatic heterocycles. The van der Waals surface area contributed by atoms with E-state index in [1.165, 1.54) is 19.1 Å². The van der Waals surface area contributed by atoms with Crippen LogP contribution in [-0.2, 0) is 14.8 Å². The van der Waals surface area contributed by atoms with Gasteiger partial charge in [-0.05, 0) is 31.1 Å². The number of carboxylic acid groups (broad SMARTS) is 1. The fraction of sp³-hybridized carbons (Fsp3) is 0.357. The maximum atomic E-state index is 12.2. The molecule has 0 heterocycles. The molecule has 2 N–H and O–H groups in total. The van der Waals surface area contributed by atoms with Gasteiger partial charge < -0.3 is 5.11 Å². The van der Waals surface area contributed by atoms with Gasteiger partial charge in [0.25, 0.3) is 0 Å². The number of hydrogen-bond donors (Lipinski definition) is 2. The number of rotatable bonds is 7. The summed E-state index contributed by atoms with van der Waals surface area (Å²) in [7, 11) is -3.62. The molecule has 0 aliphatic rings.